The van der Waals surface area contributed by atoms with Gasteiger partial charge in [-0.05, 0) is 44.5 Å². The van der Waals surface area contributed by atoms with Crippen molar-refractivity contribution < 1.29 is 28.8 Å². The zero-order valence-corrected chi connectivity index (χ0v) is 18.5. The summed E-state index contributed by atoms with van der Waals surface area (Å²) in [4.78, 5) is 48.5. The number of benzene rings is 2. The fraction of sp³-hybridized carbons (Fsp3) is 0.318. The smallest absolute Gasteiger partial charge is 0.410 e. The van der Waals surface area contributed by atoms with E-state index in [1.807, 2.05) is 0 Å². The number of nitrogens with zero attached hydrogens (tertiary/aromatic N) is 2. The van der Waals surface area contributed by atoms with Crippen LogP contribution < -0.4 is 5.32 Å². The Hall–Kier alpha value is -3.95. The van der Waals surface area contributed by atoms with E-state index in [1.54, 1.807) is 52.1 Å². The van der Waals surface area contributed by atoms with Gasteiger partial charge < -0.3 is 19.7 Å². The molecule has 0 unspecified atom stereocenters. The zero-order valence-electron chi connectivity index (χ0n) is 18.5. The van der Waals surface area contributed by atoms with Crippen LogP contribution in [-0.2, 0) is 16.0 Å². The highest BCUT2D eigenvalue weighted by atomic mass is 16.6. The van der Waals surface area contributed by atoms with Gasteiger partial charge in [-0.2, -0.15) is 0 Å². The fourth-order valence-electron chi connectivity index (χ4n) is 2.71. The predicted molar refractivity (Wildman–Crippen MR) is 117 cm³/mol. The first-order valence-corrected chi connectivity index (χ1v) is 9.62. The number of nitro benzene ring substituents is 1. The van der Waals surface area contributed by atoms with Crippen LogP contribution in [0.25, 0.3) is 0 Å². The number of carbonyl (C=O) groups excluding carboxylic acids is 3. The van der Waals surface area contributed by atoms with E-state index >= 15 is 0 Å². The molecule has 10 nitrogen and oxygen atoms in total. The summed E-state index contributed by atoms with van der Waals surface area (Å²) in [6, 6.07) is 10.1. The van der Waals surface area contributed by atoms with Gasteiger partial charge in [-0.15, -0.1) is 0 Å². The number of amides is 2. The maximum atomic E-state index is 12.7. The summed E-state index contributed by atoms with van der Waals surface area (Å²) in [5.74, 6) is -1.44. The molecule has 0 aliphatic carbocycles. The summed E-state index contributed by atoms with van der Waals surface area (Å²) in [5, 5.41) is 13.8. The monoisotopic (exact) mass is 443 g/mol. The first-order valence-electron chi connectivity index (χ1n) is 9.62. The molecule has 0 saturated carbocycles. The first kappa shape index (κ1) is 24.3. The van der Waals surface area contributed by atoms with Gasteiger partial charge in [0.25, 0.3) is 11.6 Å². The van der Waals surface area contributed by atoms with Crippen LogP contribution in [0.1, 0.15) is 47.1 Å². The molecule has 0 spiro atoms. The fourth-order valence-corrected chi connectivity index (χ4v) is 2.71. The molecule has 0 radical (unpaired) electrons. The number of nitrogens with one attached hydrogen (secondary N) is 1. The number of non-ortho nitro benzene ring substituents is 1. The van der Waals surface area contributed by atoms with E-state index < -0.39 is 34.2 Å². The zero-order chi connectivity index (χ0) is 24.1. The van der Waals surface area contributed by atoms with Crippen molar-refractivity contribution in [1.82, 2.24) is 4.90 Å². The van der Waals surface area contributed by atoms with Crippen molar-refractivity contribution in [2.75, 3.05) is 19.5 Å². The van der Waals surface area contributed by atoms with Crippen LogP contribution in [0.5, 0.6) is 0 Å². The van der Waals surface area contributed by atoms with Crippen molar-refractivity contribution in [3.05, 3.63) is 69.3 Å². The normalized spacial score (nSPS) is 10.8. The number of methoxy groups -OCH3 is 1. The van der Waals surface area contributed by atoms with E-state index in [-0.39, 0.29) is 17.7 Å². The summed E-state index contributed by atoms with van der Waals surface area (Å²) >= 11 is 0. The predicted octanol–water partition coefficient (Wildman–Crippen LogP) is 4.00. The third-order valence-electron chi connectivity index (χ3n) is 4.12. The maximum Gasteiger partial charge on any atom is 0.410 e. The number of ether oxygens (including phenoxy) is 2. The second-order valence-corrected chi connectivity index (χ2v) is 8.01. The van der Waals surface area contributed by atoms with Crippen LogP contribution in [0.3, 0.4) is 0 Å². The third-order valence-corrected chi connectivity index (χ3v) is 4.12. The second kappa shape index (κ2) is 9.90. The molecule has 0 heterocycles. The Bertz CT molecular complexity index is 1040. The van der Waals surface area contributed by atoms with Crippen molar-refractivity contribution in [2.45, 2.75) is 32.9 Å². The van der Waals surface area contributed by atoms with Gasteiger partial charge in [0.2, 0.25) is 0 Å². The molecule has 0 fully saturated rings. The van der Waals surface area contributed by atoms with Crippen molar-refractivity contribution in [3.8, 4) is 0 Å². The van der Waals surface area contributed by atoms with E-state index in [2.05, 4.69) is 10.1 Å². The molecule has 0 saturated heterocycles. The van der Waals surface area contributed by atoms with E-state index in [1.165, 1.54) is 11.0 Å². The highest BCUT2D eigenvalue weighted by Crippen LogP contribution is 2.20. The summed E-state index contributed by atoms with van der Waals surface area (Å²) < 4.78 is 9.91. The number of hydrogen-bond donors (Lipinski definition) is 1. The quantitative estimate of drug-likeness (QED) is 0.406. The summed E-state index contributed by atoms with van der Waals surface area (Å²) in [7, 11) is 2.73. The molecule has 0 aliphatic heterocycles. The first-order chi connectivity index (χ1) is 14.9. The minimum atomic E-state index is -0.796. The SMILES string of the molecule is COC(=O)c1cc(C(=O)Nc2cccc(CN(C)C(=O)OC(C)(C)C)c2)cc([N+](=O)[O-])c1. The molecule has 32 heavy (non-hydrogen) atoms. The van der Waals surface area contributed by atoms with Crippen LogP contribution in [0.2, 0.25) is 0 Å². The molecule has 1 N–H and O–H groups in total. The lowest BCUT2D eigenvalue weighted by molar-refractivity contribution is -0.384. The van der Waals surface area contributed by atoms with Gasteiger partial charge in [-0.25, -0.2) is 9.59 Å². The van der Waals surface area contributed by atoms with Crippen LogP contribution in [-0.4, -0.2) is 47.6 Å². The Morgan fingerprint density at radius 1 is 1.09 bits per heavy atom. The van der Waals surface area contributed by atoms with Gasteiger partial charge in [0.15, 0.2) is 0 Å². The molecule has 2 rings (SSSR count). The molecule has 2 aromatic carbocycles. The highest BCUT2D eigenvalue weighted by Gasteiger charge is 2.21. The molecular weight excluding hydrogens is 418 g/mol. The lowest BCUT2D eigenvalue weighted by Gasteiger charge is -2.24. The molecule has 170 valence electrons. The summed E-state index contributed by atoms with van der Waals surface area (Å²) in [5.41, 5.74) is -0.0781. The van der Waals surface area contributed by atoms with Gasteiger partial charge in [0.1, 0.15) is 5.60 Å². The van der Waals surface area contributed by atoms with Crippen molar-refractivity contribution in [3.63, 3.8) is 0 Å². The summed E-state index contributed by atoms with van der Waals surface area (Å²) in [6.07, 6.45) is -0.487. The van der Waals surface area contributed by atoms with Gasteiger partial charge in [0, 0.05) is 37.0 Å². The lowest BCUT2D eigenvalue weighted by Crippen LogP contribution is -2.33. The van der Waals surface area contributed by atoms with Gasteiger partial charge >= 0.3 is 12.1 Å². The van der Waals surface area contributed by atoms with Crippen molar-refractivity contribution >= 4 is 29.3 Å². The number of hydrogen-bond acceptors (Lipinski definition) is 7. The Labute approximate surface area is 185 Å². The van der Waals surface area contributed by atoms with Crippen LogP contribution in [0.15, 0.2) is 42.5 Å². The average Bonchev–Trinajstić information content (AvgIpc) is 2.71. The maximum absolute atomic E-state index is 12.7. The number of rotatable bonds is 6. The molecular formula is C22H25N3O7. The minimum Gasteiger partial charge on any atom is -0.465 e. The Morgan fingerprint density at radius 2 is 1.75 bits per heavy atom. The Morgan fingerprint density at radius 3 is 2.34 bits per heavy atom. The molecule has 0 bridgehead atoms. The summed E-state index contributed by atoms with van der Waals surface area (Å²) in [6.45, 7) is 5.55. The van der Waals surface area contributed by atoms with E-state index in [0.29, 0.717) is 5.69 Å². The number of nitro groups is 1. The lowest BCUT2D eigenvalue weighted by atomic mass is 10.1. The van der Waals surface area contributed by atoms with Gasteiger partial charge in [0.05, 0.1) is 17.6 Å². The number of esters is 1. The molecule has 0 atom stereocenters. The highest BCUT2D eigenvalue weighted by molar-refractivity contribution is 6.06. The molecule has 2 aromatic rings. The van der Waals surface area contributed by atoms with Crippen LogP contribution in [0.4, 0.5) is 16.2 Å². The largest absolute Gasteiger partial charge is 0.465 e. The van der Waals surface area contributed by atoms with E-state index in [0.717, 1.165) is 24.8 Å². The average molecular weight is 443 g/mol. The minimum absolute atomic E-state index is 0.0733. The van der Waals surface area contributed by atoms with E-state index in [9.17, 15) is 24.5 Å². The van der Waals surface area contributed by atoms with Crippen LogP contribution >= 0.6 is 0 Å². The standard InChI is InChI=1S/C22H25N3O7/c1-22(2,3)32-21(28)24(4)13-14-7-6-8-17(9-14)23-19(26)15-10-16(20(27)31-5)12-18(11-15)25(29)30/h6-12H,13H2,1-5H3,(H,23,26). The molecule has 2 amide bonds. The Kier molecular flexibility index (Phi) is 7.53. The molecule has 0 aliphatic rings. The topological polar surface area (TPSA) is 128 Å². The number of carbonyl (C=O) groups is 3. The number of anilines is 1. The second-order valence-electron chi connectivity index (χ2n) is 8.01. The van der Waals surface area contributed by atoms with Crippen LogP contribution in [0, 0.1) is 10.1 Å². The van der Waals surface area contributed by atoms with Gasteiger partial charge in [-0.1, -0.05) is 12.1 Å². The third kappa shape index (κ3) is 6.79. The van der Waals surface area contributed by atoms with Gasteiger partial charge in [-0.3, -0.25) is 14.9 Å². The molecule has 10 heteroatoms. The van der Waals surface area contributed by atoms with Crippen molar-refractivity contribution in [2.24, 2.45) is 0 Å². The Balaban J connectivity index is 2.19. The van der Waals surface area contributed by atoms with E-state index in [4.69, 9.17) is 4.74 Å². The van der Waals surface area contributed by atoms with Crippen molar-refractivity contribution in [1.29, 1.82) is 0 Å². The molecule has 0 aromatic heterocycles.